The van der Waals surface area contributed by atoms with Crippen molar-refractivity contribution in [3.8, 4) is 0 Å². The first-order chi connectivity index (χ1) is 36.0. The van der Waals surface area contributed by atoms with Crippen molar-refractivity contribution < 1.29 is 77.4 Å². The molecule has 0 amide bonds. The summed E-state index contributed by atoms with van der Waals surface area (Å²) in [5.74, 6) is -5.72. The molecule has 4 aliphatic heterocycles. The zero-order valence-corrected chi connectivity index (χ0v) is 48.1. The molecule has 0 spiro atoms. The third-order valence-corrected chi connectivity index (χ3v) is 17.1. The topological polar surface area (TPSA) is 244 Å². The standard InChI is InChI=1S/C57H89N3O17/c1-17-42-57(11,68)49(64)32(4)45(61)30(2)26-55(9,69-15)50(77-54-47(63)41(58(12)13)23-31(3)73-54)33(5)48(34(6)53(67)75-42)76-43-27-56(10,70-16)51(35(7)74-43)71-22-21-59(14)20-18-19-37-24-38-29-72-36(8)60-28-40(52(65)66)46(62)39(25-37)44(38)60/h24-25,28,30-35,41-43,47-51,54,63-64,68H,8,17-23,26-27,29H2,1-7,9-16H3,(H,65,66)/t30-,31-,32+,33+,34-,35+,41+,42-,43+,47-,48+,49-,50-,51+,54+,55-,56-,57-/m1/s1. The van der Waals surface area contributed by atoms with Crippen molar-refractivity contribution in [2.24, 2.45) is 23.7 Å². The maximum Gasteiger partial charge on any atom is 0.341 e. The molecule has 0 radical (unpaired) electrons. The van der Waals surface area contributed by atoms with E-state index in [9.17, 15) is 39.6 Å². The van der Waals surface area contributed by atoms with E-state index in [1.54, 1.807) is 40.9 Å². The number of aromatic carboxylic acids is 1. The summed E-state index contributed by atoms with van der Waals surface area (Å²) in [7, 11) is 8.86. The lowest BCUT2D eigenvalue weighted by Gasteiger charge is -2.50. The second-order valence-corrected chi connectivity index (χ2v) is 23.3. The lowest BCUT2D eigenvalue weighted by molar-refractivity contribution is -0.322. The van der Waals surface area contributed by atoms with E-state index in [0.717, 1.165) is 17.5 Å². The van der Waals surface area contributed by atoms with Gasteiger partial charge in [-0.25, -0.2) is 4.79 Å². The zero-order valence-electron chi connectivity index (χ0n) is 48.1. The predicted octanol–water partition coefficient (Wildman–Crippen LogP) is 5.00. The smallest absolute Gasteiger partial charge is 0.341 e. The summed E-state index contributed by atoms with van der Waals surface area (Å²) >= 11 is 0. The van der Waals surface area contributed by atoms with Crippen molar-refractivity contribution >= 4 is 34.5 Å². The number of hydrogen-bond acceptors (Lipinski definition) is 18. The Bertz CT molecular complexity index is 2470. The van der Waals surface area contributed by atoms with Gasteiger partial charge in [-0.15, -0.1) is 0 Å². The van der Waals surface area contributed by atoms with Gasteiger partial charge in [0, 0.05) is 68.1 Å². The fourth-order valence-corrected chi connectivity index (χ4v) is 12.3. The summed E-state index contributed by atoms with van der Waals surface area (Å²) in [5, 5.41) is 45.4. The number of aryl methyl sites for hydroxylation is 1. The Balaban J connectivity index is 1.21. The Morgan fingerprint density at radius 2 is 1.57 bits per heavy atom. The molecule has 18 atom stereocenters. The molecule has 20 heteroatoms. The molecule has 434 valence electrons. The highest BCUT2D eigenvalue weighted by atomic mass is 16.7. The van der Waals surface area contributed by atoms with Crippen molar-refractivity contribution in [1.82, 2.24) is 14.4 Å². The summed E-state index contributed by atoms with van der Waals surface area (Å²) < 4.78 is 59.5. The molecule has 3 fully saturated rings. The molecule has 1 aromatic carbocycles. The Hall–Kier alpha value is -3.90. The maximum atomic E-state index is 14.6. The maximum absolute atomic E-state index is 14.6. The van der Waals surface area contributed by atoms with Gasteiger partial charge >= 0.3 is 11.9 Å². The molecule has 3 saturated heterocycles. The Morgan fingerprint density at radius 1 is 0.909 bits per heavy atom. The Morgan fingerprint density at radius 3 is 2.19 bits per heavy atom. The number of aromatic nitrogens is 1. The molecular weight excluding hydrogens is 999 g/mol. The number of aliphatic hydroxyl groups is 3. The number of nitrogens with zero attached hydrogens (tertiary/aromatic N) is 3. The van der Waals surface area contributed by atoms with Crippen LogP contribution >= 0.6 is 0 Å². The number of hydrogen-bond donors (Lipinski definition) is 4. The van der Waals surface area contributed by atoms with Crippen LogP contribution < -0.4 is 5.43 Å². The normalized spacial score (nSPS) is 37.7. The van der Waals surface area contributed by atoms with E-state index in [1.807, 2.05) is 66.7 Å². The molecule has 0 saturated carbocycles. The first kappa shape index (κ1) is 62.3. The number of methoxy groups -OCH3 is 2. The van der Waals surface area contributed by atoms with Gasteiger partial charge in [-0.2, -0.15) is 0 Å². The SMILES string of the molecule is C=C1OCc2cc(CCCN(C)CCO[C@H]3[C@H](C)O[C@@H](O[C@H]4[C@H](C)[C@@H](O[C@@H]5O[C@H](C)C[C@H](N(C)C)[C@H]5O)[C@](C)(OC)C[C@@H](C)C(=O)[C@H](C)[C@@H](O)[C@](C)(O)[C@@H](CC)OC(=O)[C@@H]4C)C[C@@]3(C)OC)cc3c(=O)c(C(=O)O)cn1c23. The monoisotopic (exact) mass is 1090 g/mol. The number of ketones is 1. The minimum atomic E-state index is -2.01. The van der Waals surface area contributed by atoms with Gasteiger partial charge < -0.3 is 72.9 Å². The number of Topliss-reactive ketones (excluding diaryl/α,β-unsaturated/α-hetero) is 1. The highest BCUT2D eigenvalue weighted by Gasteiger charge is 2.54. The van der Waals surface area contributed by atoms with Crippen LogP contribution in [0, 0.1) is 23.7 Å². The second-order valence-electron chi connectivity index (χ2n) is 23.3. The van der Waals surface area contributed by atoms with Gasteiger partial charge in [-0.1, -0.05) is 33.8 Å². The number of carboxylic acids is 1. The summed E-state index contributed by atoms with van der Waals surface area (Å²) in [6.45, 7) is 23.1. The third kappa shape index (κ3) is 13.3. The van der Waals surface area contributed by atoms with E-state index < -0.39 is 113 Å². The van der Waals surface area contributed by atoms with Crippen LogP contribution in [0.3, 0.4) is 0 Å². The molecule has 77 heavy (non-hydrogen) atoms. The van der Waals surface area contributed by atoms with Gasteiger partial charge in [-0.3, -0.25) is 19.0 Å². The molecule has 0 bridgehead atoms. The predicted molar refractivity (Wildman–Crippen MR) is 286 cm³/mol. The number of aliphatic hydroxyl groups excluding tert-OH is 2. The number of benzene rings is 1. The molecule has 4 N–H and O–H groups in total. The van der Waals surface area contributed by atoms with Gasteiger partial charge in [0.1, 0.15) is 41.9 Å². The summed E-state index contributed by atoms with van der Waals surface area (Å²) in [4.78, 5) is 58.1. The number of carboxylic acid groups (broad SMARTS) is 1. The molecule has 2 aromatic rings. The van der Waals surface area contributed by atoms with Crippen LogP contribution in [-0.2, 0) is 65.2 Å². The van der Waals surface area contributed by atoms with E-state index in [1.165, 1.54) is 24.8 Å². The van der Waals surface area contributed by atoms with Crippen LogP contribution in [0.25, 0.3) is 16.8 Å². The number of carbonyl (C=O) groups is 3. The van der Waals surface area contributed by atoms with Crippen LogP contribution in [0.1, 0.15) is 123 Å². The van der Waals surface area contributed by atoms with Gasteiger partial charge in [0.25, 0.3) is 0 Å². The van der Waals surface area contributed by atoms with E-state index >= 15 is 0 Å². The molecule has 20 nitrogen and oxygen atoms in total. The Labute approximate surface area is 454 Å². The minimum absolute atomic E-state index is 0.0834. The first-order valence-corrected chi connectivity index (χ1v) is 27.3. The second kappa shape index (κ2) is 25.3. The number of likely N-dealkylation sites (N-methyl/N-ethyl adjacent to an activating group) is 2. The van der Waals surface area contributed by atoms with Crippen LogP contribution in [0.4, 0.5) is 0 Å². The van der Waals surface area contributed by atoms with E-state index in [2.05, 4.69) is 11.5 Å². The van der Waals surface area contributed by atoms with E-state index in [4.69, 9.17) is 42.6 Å². The van der Waals surface area contributed by atoms with Crippen LogP contribution in [0.2, 0.25) is 0 Å². The lowest BCUT2D eigenvalue weighted by Crippen LogP contribution is -2.61. The number of ether oxygens (including phenoxy) is 9. The van der Waals surface area contributed by atoms with Crippen molar-refractivity contribution in [1.29, 1.82) is 0 Å². The molecular formula is C57H89N3O17. The van der Waals surface area contributed by atoms with Crippen molar-refractivity contribution in [3.05, 3.63) is 51.8 Å². The average molecular weight is 1090 g/mol. The number of esters is 1. The molecule has 1 aromatic heterocycles. The number of cyclic esters (lactones) is 1. The van der Waals surface area contributed by atoms with E-state index in [0.29, 0.717) is 43.4 Å². The highest BCUT2D eigenvalue weighted by Crippen LogP contribution is 2.42. The van der Waals surface area contributed by atoms with Gasteiger partial charge in [-0.05, 0) is 120 Å². The summed E-state index contributed by atoms with van der Waals surface area (Å²) in [5.41, 5.74) is -2.88. The molecule has 6 rings (SSSR count). The fraction of sp³-hybridized carbons (Fsp3) is 0.754. The molecule has 0 aliphatic carbocycles. The largest absolute Gasteiger partial charge is 0.477 e. The number of rotatable bonds is 17. The first-order valence-electron chi connectivity index (χ1n) is 27.3. The van der Waals surface area contributed by atoms with Gasteiger partial charge in [0.05, 0.1) is 59.8 Å². The van der Waals surface area contributed by atoms with Crippen molar-refractivity contribution in [3.63, 3.8) is 0 Å². The zero-order chi connectivity index (χ0) is 57.2. The number of pyridine rings is 1. The fourth-order valence-electron chi connectivity index (χ4n) is 12.3. The van der Waals surface area contributed by atoms with Crippen LogP contribution in [0.15, 0.2) is 29.7 Å². The third-order valence-electron chi connectivity index (χ3n) is 17.1. The van der Waals surface area contributed by atoms with Gasteiger partial charge in [0.2, 0.25) is 5.43 Å². The number of carbonyl (C=O) groups excluding carboxylic acids is 2. The average Bonchev–Trinajstić information content (AvgIpc) is 3.38. The minimum Gasteiger partial charge on any atom is -0.477 e. The van der Waals surface area contributed by atoms with E-state index in [-0.39, 0.29) is 55.2 Å². The summed E-state index contributed by atoms with van der Waals surface area (Å²) in [6.07, 6.45) is -5.93. The molecule has 5 heterocycles. The van der Waals surface area contributed by atoms with Crippen LogP contribution in [0.5, 0.6) is 0 Å². The molecule has 0 unspecified atom stereocenters. The molecule has 4 aliphatic rings. The lowest BCUT2D eigenvalue weighted by atomic mass is 9.74. The Kier molecular flexibility index (Phi) is 20.4. The summed E-state index contributed by atoms with van der Waals surface area (Å²) in [6, 6.07) is 3.44. The van der Waals surface area contributed by atoms with Crippen molar-refractivity contribution in [2.45, 2.75) is 199 Å². The highest BCUT2D eigenvalue weighted by molar-refractivity contribution is 5.95. The quantitative estimate of drug-likeness (QED) is 0.152. The van der Waals surface area contributed by atoms with Crippen molar-refractivity contribution in [2.75, 3.05) is 55.1 Å². The van der Waals surface area contributed by atoms with Crippen LogP contribution in [-0.4, -0.2) is 192 Å². The van der Waals surface area contributed by atoms with Gasteiger partial charge in [0.15, 0.2) is 18.5 Å².